The van der Waals surface area contributed by atoms with Crippen LogP contribution in [0.1, 0.15) is 15.9 Å². The van der Waals surface area contributed by atoms with Crippen LogP contribution in [0.4, 0.5) is 0 Å². The molecule has 0 spiro atoms. The molecule has 0 saturated carbocycles. The number of nitrogens with zero attached hydrogens (tertiary/aromatic N) is 4. The van der Waals surface area contributed by atoms with Crippen LogP contribution in [-0.2, 0) is 0 Å². The number of halogens is 2. The summed E-state index contributed by atoms with van der Waals surface area (Å²) in [6.45, 7) is 0. The van der Waals surface area contributed by atoms with Gasteiger partial charge in [0.15, 0.2) is 0 Å². The summed E-state index contributed by atoms with van der Waals surface area (Å²) in [6, 6.07) is 13.8. The maximum absolute atomic E-state index is 12.6. The number of hydrogen-bond acceptors (Lipinski definition) is 4. The zero-order chi connectivity index (χ0) is 17.8. The van der Waals surface area contributed by atoms with Crippen molar-refractivity contribution in [3.05, 3.63) is 81.9 Å². The van der Waals surface area contributed by atoms with Crippen LogP contribution in [0.15, 0.2) is 60.7 Å². The lowest BCUT2D eigenvalue weighted by Crippen LogP contribution is -2.04. The SMILES string of the molecule is N#C/C(=C/c1ccc(-n2cncn2)cc1)C(=O)c1c(Cl)cccc1Cl. The third-order valence-corrected chi connectivity index (χ3v) is 4.07. The number of ketones is 1. The van der Waals surface area contributed by atoms with Gasteiger partial charge in [-0.1, -0.05) is 41.4 Å². The summed E-state index contributed by atoms with van der Waals surface area (Å²) >= 11 is 12.1. The lowest BCUT2D eigenvalue weighted by atomic mass is 10.0. The highest BCUT2D eigenvalue weighted by Gasteiger charge is 2.18. The second-order valence-electron chi connectivity index (χ2n) is 5.03. The van der Waals surface area contributed by atoms with Crippen molar-refractivity contribution in [2.45, 2.75) is 0 Å². The van der Waals surface area contributed by atoms with Crippen LogP contribution in [0.3, 0.4) is 0 Å². The summed E-state index contributed by atoms with van der Waals surface area (Å²) in [5.41, 5.74) is 1.58. The van der Waals surface area contributed by atoms with E-state index in [-0.39, 0.29) is 21.2 Å². The Labute approximate surface area is 153 Å². The van der Waals surface area contributed by atoms with Gasteiger partial charge in [-0.15, -0.1) is 0 Å². The summed E-state index contributed by atoms with van der Waals surface area (Å²) < 4.78 is 1.60. The Hall–Kier alpha value is -2.94. The highest BCUT2D eigenvalue weighted by atomic mass is 35.5. The molecule has 0 radical (unpaired) electrons. The van der Waals surface area contributed by atoms with Crippen LogP contribution in [0.2, 0.25) is 10.0 Å². The second kappa shape index (κ2) is 7.31. The van der Waals surface area contributed by atoms with E-state index in [0.29, 0.717) is 5.56 Å². The first kappa shape index (κ1) is 16.9. The highest BCUT2D eigenvalue weighted by Crippen LogP contribution is 2.27. The largest absolute Gasteiger partial charge is 0.288 e. The Morgan fingerprint density at radius 1 is 1.12 bits per heavy atom. The van der Waals surface area contributed by atoms with E-state index in [0.717, 1.165) is 5.69 Å². The Balaban J connectivity index is 1.93. The molecule has 0 amide bonds. The van der Waals surface area contributed by atoms with E-state index in [9.17, 15) is 10.1 Å². The third kappa shape index (κ3) is 3.61. The van der Waals surface area contributed by atoms with Crippen molar-refractivity contribution in [1.29, 1.82) is 5.26 Å². The molecule has 0 N–H and O–H groups in total. The van der Waals surface area contributed by atoms with Gasteiger partial charge in [0.05, 0.1) is 21.3 Å². The minimum absolute atomic E-state index is 0.0523. The second-order valence-corrected chi connectivity index (χ2v) is 5.84. The van der Waals surface area contributed by atoms with Gasteiger partial charge in [-0.3, -0.25) is 4.79 Å². The lowest BCUT2D eigenvalue weighted by Gasteiger charge is -2.05. The van der Waals surface area contributed by atoms with Gasteiger partial charge in [-0.2, -0.15) is 10.4 Å². The van der Waals surface area contributed by atoms with Crippen LogP contribution in [0, 0.1) is 11.3 Å². The highest BCUT2D eigenvalue weighted by molar-refractivity contribution is 6.41. The number of nitriles is 1. The van der Waals surface area contributed by atoms with Crippen LogP contribution in [-0.4, -0.2) is 20.5 Å². The van der Waals surface area contributed by atoms with Crippen molar-refractivity contribution < 1.29 is 4.79 Å². The molecule has 2 aromatic carbocycles. The fraction of sp³-hybridized carbons (Fsp3) is 0. The topological polar surface area (TPSA) is 71.6 Å². The number of Topliss-reactive ketones (excluding diaryl/α,β-unsaturated/α-hetero) is 1. The molecular formula is C18H10Cl2N4O. The van der Waals surface area contributed by atoms with Gasteiger partial charge in [-0.05, 0) is 35.9 Å². The van der Waals surface area contributed by atoms with Gasteiger partial charge < -0.3 is 0 Å². The maximum atomic E-state index is 12.6. The van der Waals surface area contributed by atoms with Gasteiger partial charge in [-0.25, -0.2) is 9.67 Å². The Morgan fingerprint density at radius 2 is 1.80 bits per heavy atom. The molecule has 7 heteroatoms. The number of carbonyl (C=O) groups is 1. The molecule has 122 valence electrons. The number of hydrogen-bond donors (Lipinski definition) is 0. The molecule has 1 aromatic heterocycles. The van der Waals surface area contributed by atoms with Crippen LogP contribution in [0.5, 0.6) is 0 Å². The molecule has 0 aliphatic heterocycles. The Bertz CT molecular complexity index is 967. The summed E-state index contributed by atoms with van der Waals surface area (Å²) in [6.07, 6.45) is 4.51. The summed E-state index contributed by atoms with van der Waals surface area (Å²) in [5, 5.41) is 13.8. The zero-order valence-corrected chi connectivity index (χ0v) is 14.2. The summed E-state index contributed by atoms with van der Waals surface area (Å²) in [5.74, 6) is -0.515. The number of carbonyl (C=O) groups excluding carboxylic acids is 1. The number of allylic oxidation sites excluding steroid dienone is 1. The third-order valence-electron chi connectivity index (χ3n) is 3.44. The maximum Gasteiger partial charge on any atom is 0.206 e. The fourth-order valence-corrected chi connectivity index (χ4v) is 2.80. The normalized spacial score (nSPS) is 11.2. The minimum atomic E-state index is -0.515. The quantitative estimate of drug-likeness (QED) is 0.389. The molecule has 1 heterocycles. The molecule has 5 nitrogen and oxygen atoms in total. The van der Waals surface area contributed by atoms with Gasteiger partial charge >= 0.3 is 0 Å². The standard InChI is InChI=1S/C18H10Cl2N4O/c19-15-2-1-3-16(20)17(15)18(25)13(9-21)8-12-4-6-14(7-5-12)24-11-22-10-23-24/h1-8,10-11H/b13-8-. The van der Waals surface area contributed by atoms with Crippen molar-refractivity contribution in [3.63, 3.8) is 0 Å². The summed E-state index contributed by atoms with van der Waals surface area (Å²) in [7, 11) is 0. The Morgan fingerprint density at radius 3 is 2.36 bits per heavy atom. The molecule has 0 aliphatic carbocycles. The van der Waals surface area contributed by atoms with Crippen molar-refractivity contribution >= 4 is 35.1 Å². The molecular weight excluding hydrogens is 359 g/mol. The van der Waals surface area contributed by atoms with Gasteiger partial charge in [0.1, 0.15) is 24.3 Å². The van der Waals surface area contributed by atoms with E-state index in [1.165, 1.54) is 12.4 Å². The van der Waals surface area contributed by atoms with Gasteiger partial charge in [0.25, 0.3) is 0 Å². The predicted octanol–water partition coefficient (Wildman–Crippen LogP) is 4.36. The molecule has 0 bridgehead atoms. The predicted molar refractivity (Wildman–Crippen MR) is 95.7 cm³/mol. The van der Waals surface area contributed by atoms with E-state index in [1.807, 2.05) is 18.2 Å². The van der Waals surface area contributed by atoms with Crippen LogP contribution < -0.4 is 0 Å². The van der Waals surface area contributed by atoms with E-state index in [2.05, 4.69) is 10.1 Å². The first-order valence-electron chi connectivity index (χ1n) is 7.15. The van der Waals surface area contributed by atoms with E-state index >= 15 is 0 Å². The minimum Gasteiger partial charge on any atom is -0.288 e. The number of benzene rings is 2. The fourth-order valence-electron chi connectivity index (χ4n) is 2.23. The monoisotopic (exact) mass is 368 g/mol. The molecule has 0 unspecified atom stereocenters. The van der Waals surface area contributed by atoms with Crippen molar-refractivity contribution in [2.24, 2.45) is 0 Å². The molecule has 0 saturated heterocycles. The number of aromatic nitrogens is 3. The molecule has 0 fully saturated rings. The zero-order valence-electron chi connectivity index (χ0n) is 12.7. The van der Waals surface area contributed by atoms with Crippen molar-refractivity contribution in [3.8, 4) is 11.8 Å². The Kier molecular flexibility index (Phi) is 4.94. The van der Waals surface area contributed by atoms with Gasteiger partial charge in [0, 0.05) is 0 Å². The lowest BCUT2D eigenvalue weighted by molar-refractivity contribution is 0.104. The van der Waals surface area contributed by atoms with Crippen molar-refractivity contribution in [1.82, 2.24) is 14.8 Å². The van der Waals surface area contributed by atoms with E-state index < -0.39 is 5.78 Å². The van der Waals surface area contributed by atoms with E-state index in [4.69, 9.17) is 23.2 Å². The molecule has 3 rings (SSSR count). The average molecular weight is 369 g/mol. The first-order valence-corrected chi connectivity index (χ1v) is 7.91. The molecule has 0 aliphatic rings. The number of rotatable bonds is 4. The summed E-state index contributed by atoms with van der Waals surface area (Å²) in [4.78, 5) is 16.5. The van der Waals surface area contributed by atoms with E-state index in [1.54, 1.807) is 41.3 Å². The van der Waals surface area contributed by atoms with Gasteiger partial charge in [0.2, 0.25) is 5.78 Å². The molecule has 0 atom stereocenters. The van der Waals surface area contributed by atoms with Crippen LogP contribution >= 0.6 is 23.2 Å². The molecule has 3 aromatic rings. The molecule has 25 heavy (non-hydrogen) atoms. The smallest absolute Gasteiger partial charge is 0.206 e. The van der Waals surface area contributed by atoms with Crippen molar-refractivity contribution in [2.75, 3.05) is 0 Å². The first-order chi connectivity index (χ1) is 12.1. The van der Waals surface area contributed by atoms with Crippen LogP contribution in [0.25, 0.3) is 11.8 Å². The average Bonchev–Trinajstić information content (AvgIpc) is 3.14.